The van der Waals surface area contributed by atoms with Gasteiger partial charge in [-0.2, -0.15) is 0 Å². The first-order valence-corrected chi connectivity index (χ1v) is 5.86. The van der Waals surface area contributed by atoms with Crippen LogP contribution >= 0.6 is 7.60 Å². The average Bonchev–Trinajstić information content (AvgIpc) is 2.07. The van der Waals surface area contributed by atoms with E-state index in [9.17, 15) is 4.57 Å². The molecule has 0 radical (unpaired) electrons. The average molecular weight is 212 g/mol. The fourth-order valence-corrected chi connectivity index (χ4v) is 2.05. The molecule has 0 heterocycles. The molecule has 0 saturated carbocycles. The molecule has 0 aliphatic carbocycles. The second kappa shape index (κ2) is 4.09. The van der Waals surface area contributed by atoms with Gasteiger partial charge in [-0.05, 0) is 19.4 Å². The number of aryl methyl sites for hydroxylation is 1. The van der Waals surface area contributed by atoms with Gasteiger partial charge in [-0.25, -0.2) is 0 Å². The van der Waals surface area contributed by atoms with Crippen molar-refractivity contribution >= 4 is 12.9 Å². The molecule has 0 bridgehead atoms. The monoisotopic (exact) mass is 212 g/mol. The maximum Gasteiger partial charge on any atom is 0.356 e. The minimum absolute atomic E-state index is 0.0810. The first kappa shape index (κ1) is 11.2. The Balaban J connectivity index is 3.16. The molecular formula is C10H13O3P. The van der Waals surface area contributed by atoms with Crippen LogP contribution < -0.4 is 0 Å². The standard InChI is InChI=1S/C10H13O3P/c1-3-10(14(11,12)13)9-6-4-8(2)5-7-9/h3-7H,1-2H3,(H2,11,12,13). The second-order valence-electron chi connectivity index (χ2n) is 3.08. The smallest absolute Gasteiger partial charge is 0.321 e. The molecule has 0 atom stereocenters. The summed E-state index contributed by atoms with van der Waals surface area (Å²) in [6.45, 7) is 3.55. The molecular weight excluding hydrogens is 199 g/mol. The van der Waals surface area contributed by atoms with E-state index in [1.54, 1.807) is 19.1 Å². The molecule has 3 nitrogen and oxygen atoms in total. The summed E-state index contributed by atoms with van der Waals surface area (Å²) in [5.41, 5.74) is 1.64. The van der Waals surface area contributed by atoms with Crippen molar-refractivity contribution in [1.29, 1.82) is 0 Å². The molecule has 2 N–H and O–H groups in total. The molecule has 0 unspecified atom stereocenters. The SMILES string of the molecule is CC=C(c1ccc(C)cc1)P(=O)(O)O. The van der Waals surface area contributed by atoms with E-state index in [0.29, 0.717) is 5.56 Å². The van der Waals surface area contributed by atoms with E-state index in [4.69, 9.17) is 9.79 Å². The summed E-state index contributed by atoms with van der Waals surface area (Å²) < 4.78 is 11.1. The molecule has 14 heavy (non-hydrogen) atoms. The van der Waals surface area contributed by atoms with Gasteiger partial charge in [0.2, 0.25) is 0 Å². The third kappa shape index (κ3) is 2.55. The van der Waals surface area contributed by atoms with Crippen molar-refractivity contribution in [2.24, 2.45) is 0 Å². The van der Waals surface area contributed by atoms with Crippen molar-refractivity contribution in [2.45, 2.75) is 13.8 Å². The minimum Gasteiger partial charge on any atom is -0.321 e. The maximum atomic E-state index is 11.1. The highest BCUT2D eigenvalue weighted by molar-refractivity contribution is 7.63. The molecule has 0 saturated heterocycles. The Kier molecular flexibility index (Phi) is 3.27. The Bertz CT molecular complexity index is 386. The van der Waals surface area contributed by atoms with E-state index in [1.807, 2.05) is 19.1 Å². The lowest BCUT2D eigenvalue weighted by Gasteiger charge is -2.08. The molecule has 1 aromatic carbocycles. The highest BCUT2D eigenvalue weighted by atomic mass is 31.2. The Morgan fingerprint density at radius 1 is 1.29 bits per heavy atom. The Hall–Kier alpha value is -0.890. The predicted molar refractivity (Wildman–Crippen MR) is 56.9 cm³/mol. The Labute approximate surface area is 83.3 Å². The normalized spacial score (nSPS) is 13.0. The molecule has 1 rings (SSSR count). The number of benzene rings is 1. The predicted octanol–water partition coefficient (Wildman–Crippen LogP) is 2.53. The number of hydrogen-bond acceptors (Lipinski definition) is 1. The van der Waals surface area contributed by atoms with Gasteiger partial charge in [0.15, 0.2) is 0 Å². The van der Waals surface area contributed by atoms with Crippen molar-refractivity contribution in [2.75, 3.05) is 0 Å². The van der Waals surface area contributed by atoms with Crippen molar-refractivity contribution in [3.8, 4) is 0 Å². The summed E-state index contributed by atoms with van der Waals surface area (Å²) in [4.78, 5) is 18.1. The molecule has 76 valence electrons. The van der Waals surface area contributed by atoms with Crippen molar-refractivity contribution in [1.82, 2.24) is 0 Å². The zero-order valence-electron chi connectivity index (χ0n) is 8.14. The summed E-state index contributed by atoms with van der Waals surface area (Å²) in [6.07, 6.45) is 1.45. The van der Waals surface area contributed by atoms with E-state index in [-0.39, 0.29) is 5.31 Å². The van der Waals surface area contributed by atoms with Gasteiger partial charge in [-0.1, -0.05) is 35.9 Å². The number of hydrogen-bond donors (Lipinski definition) is 2. The quantitative estimate of drug-likeness (QED) is 0.740. The third-order valence-electron chi connectivity index (χ3n) is 1.93. The minimum atomic E-state index is -4.15. The first-order chi connectivity index (χ1) is 6.45. The Morgan fingerprint density at radius 3 is 2.14 bits per heavy atom. The third-order valence-corrected chi connectivity index (χ3v) is 3.08. The van der Waals surface area contributed by atoms with E-state index in [0.717, 1.165) is 5.56 Å². The van der Waals surface area contributed by atoms with Gasteiger partial charge in [0.25, 0.3) is 0 Å². The van der Waals surface area contributed by atoms with Crippen LogP contribution in [0, 0.1) is 6.92 Å². The topological polar surface area (TPSA) is 57.5 Å². The highest BCUT2D eigenvalue weighted by Gasteiger charge is 2.21. The van der Waals surface area contributed by atoms with Crippen LogP contribution in [-0.2, 0) is 4.57 Å². The van der Waals surface area contributed by atoms with Crippen LogP contribution in [-0.4, -0.2) is 9.79 Å². The maximum absolute atomic E-state index is 11.1. The van der Waals surface area contributed by atoms with Crippen LogP contribution in [0.5, 0.6) is 0 Å². The lowest BCUT2D eigenvalue weighted by molar-refractivity contribution is 0.388. The molecule has 0 spiro atoms. The van der Waals surface area contributed by atoms with Crippen molar-refractivity contribution < 1.29 is 14.4 Å². The van der Waals surface area contributed by atoms with Crippen LogP contribution in [0.2, 0.25) is 0 Å². The summed E-state index contributed by atoms with van der Waals surface area (Å²) >= 11 is 0. The summed E-state index contributed by atoms with van der Waals surface area (Å²) in [5.74, 6) is 0. The Morgan fingerprint density at radius 2 is 1.79 bits per heavy atom. The molecule has 0 aromatic heterocycles. The van der Waals surface area contributed by atoms with Gasteiger partial charge in [-0.15, -0.1) is 0 Å². The van der Waals surface area contributed by atoms with Gasteiger partial charge in [0.05, 0.1) is 5.31 Å². The zero-order valence-corrected chi connectivity index (χ0v) is 9.03. The summed E-state index contributed by atoms with van der Waals surface area (Å²) in [7, 11) is -4.15. The van der Waals surface area contributed by atoms with Gasteiger partial charge < -0.3 is 9.79 Å². The second-order valence-corrected chi connectivity index (χ2v) is 4.65. The zero-order chi connectivity index (χ0) is 10.8. The summed E-state index contributed by atoms with van der Waals surface area (Å²) in [6, 6.07) is 7.08. The number of allylic oxidation sites excluding steroid dienone is 1. The fraction of sp³-hybridized carbons (Fsp3) is 0.200. The van der Waals surface area contributed by atoms with Crippen LogP contribution in [0.15, 0.2) is 30.3 Å². The lowest BCUT2D eigenvalue weighted by atomic mass is 10.1. The fourth-order valence-electron chi connectivity index (χ4n) is 1.23. The van der Waals surface area contributed by atoms with Crippen LogP contribution in [0.4, 0.5) is 0 Å². The molecule has 1 aromatic rings. The van der Waals surface area contributed by atoms with Crippen molar-refractivity contribution in [3.05, 3.63) is 41.5 Å². The lowest BCUT2D eigenvalue weighted by Crippen LogP contribution is -1.86. The van der Waals surface area contributed by atoms with Crippen molar-refractivity contribution in [3.63, 3.8) is 0 Å². The van der Waals surface area contributed by atoms with Gasteiger partial charge in [-0.3, -0.25) is 4.57 Å². The van der Waals surface area contributed by atoms with E-state index >= 15 is 0 Å². The molecule has 0 amide bonds. The highest BCUT2D eigenvalue weighted by Crippen LogP contribution is 2.50. The summed E-state index contributed by atoms with van der Waals surface area (Å²) in [5, 5.41) is 0.0810. The molecule has 0 fully saturated rings. The van der Waals surface area contributed by atoms with Gasteiger partial charge in [0, 0.05) is 0 Å². The first-order valence-electron chi connectivity index (χ1n) is 4.24. The van der Waals surface area contributed by atoms with Gasteiger partial charge in [0.1, 0.15) is 0 Å². The largest absolute Gasteiger partial charge is 0.356 e. The van der Waals surface area contributed by atoms with Gasteiger partial charge >= 0.3 is 7.60 Å². The molecule has 0 aliphatic rings. The van der Waals surface area contributed by atoms with E-state index in [1.165, 1.54) is 6.08 Å². The van der Waals surface area contributed by atoms with Crippen LogP contribution in [0.25, 0.3) is 5.31 Å². The molecule has 0 aliphatic heterocycles. The molecule has 4 heteroatoms. The van der Waals surface area contributed by atoms with Crippen LogP contribution in [0.3, 0.4) is 0 Å². The van der Waals surface area contributed by atoms with Crippen LogP contribution in [0.1, 0.15) is 18.1 Å². The van der Waals surface area contributed by atoms with E-state index < -0.39 is 7.60 Å². The van der Waals surface area contributed by atoms with E-state index in [2.05, 4.69) is 0 Å². The number of rotatable bonds is 2.